The quantitative estimate of drug-likeness (QED) is 0.622. The van der Waals surface area contributed by atoms with Gasteiger partial charge in [-0.15, -0.1) is 0 Å². The van der Waals surface area contributed by atoms with Gasteiger partial charge in [0.2, 0.25) is 5.91 Å². The number of hydrogen-bond donors (Lipinski definition) is 1. The van der Waals surface area contributed by atoms with Gasteiger partial charge in [0.15, 0.2) is 0 Å². The van der Waals surface area contributed by atoms with Crippen molar-refractivity contribution >= 4 is 11.7 Å². The molecular weight excluding hydrogens is 130 g/mol. The summed E-state index contributed by atoms with van der Waals surface area (Å²) in [6.45, 7) is 3.35. The summed E-state index contributed by atoms with van der Waals surface area (Å²) in [5.41, 5.74) is 4.92. The van der Waals surface area contributed by atoms with Crippen LogP contribution in [0.15, 0.2) is 0 Å². The van der Waals surface area contributed by atoms with Crippen LogP contribution < -0.4 is 5.73 Å². The fourth-order valence-electron chi connectivity index (χ4n) is 0.818. The van der Waals surface area contributed by atoms with E-state index in [0.717, 1.165) is 0 Å². The van der Waals surface area contributed by atoms with Crippen molar-refractivity contribution in [3.8, 4) is 0 Å². The maximum absolute atomic E-state index is 10.7. The van der Waals surface area contributed by atoms with Gasteiger partial charge in [0.1, 0.15) is 5.78 Å². The van der Waals surface area contributed by atoms with Crippen LogP contribution in [0.4, 0.5) is 0 Å². The molecule has 0 fully saturated rings. The topological polar surface area (TPSA) is 60.2 Å². The lowest BCUT2D eigenvalue weighted by Gasteiger charge is -2.06. The molecule has 0 unspecified atom stereocenters. The molecule has 0 aliphatic carbocycles. The van der Waals surface area contributed by atoms with Crippen molar-refractivity contribution in [3.63, 3.8) is 0 Å². The van der Waals surface area contributed by atoms with Crippen LogP contribution in [-0.2, 0) is 9.59 Å². The number of hydrogen-bond acceptors (Lipinski definition) is 2. The van der Waals surface area contributed by atoms with E-state index in [1.165, 1.54) is 6.92 Å². The lowest BCUT2D eigenvalue weighted by atomic mass is 9.98. The molecule has 58 valence electrons. The number of ketones is 1. The summed E-state index contributed by atoms with van der Waals surface area (Å²) in [4.78, 5) is 21.0. The number of nitrogens with two attached hydrogens (primary N) is 1. The number of Topliss-reactive ketones (excluding diaryl/α,β-unsaturated/α-hetero) is 1. The van der Waals surface area contributed by atoms with Gasteiger partial charge in [0, 0.05) is 12.3 Å². The van der Waals surface area contributed by atoms with Crippen LogP contribution in [0.3, 0.4) is 0 Å². The monoisotopic (exact) mass is 143 g/mol. The lowest BCUT2D eigenvalue weighted by Crippen LogP contribution is -2.20. The molecule has 1 atom stereocenters. The summed E-state index contributed by atoms with van der Waals surface area (Å²) in [5, 5.41) is 0. The molecule has 0 spiro atoms. The predicted octanol–water partition coefficient (Wildman–Crippen LogP) is 0.477. The van der Waals surface area contributed by atoms with Crippen molar-refractivity contribution in [1.82, 2.24) is 0 Å². The minimum Gasteiger partial charge on any atom is -0.370 e. The molecule has 3 heteroatoms. The first-order chi connectivity index (χ1) is 4.57. The highest BCUT2D eigenvalue weighted by atomic mass is 16.1. The van der Waals surface area contributed by atoms with E-state index in [4.69, 9.17) is 5.73 Å². The van der Waals surface area contributed by atoms with Gasteiger partial charge in [0.05, 0.1) is 0 Å². The predicted molar refractivity (Wildman–Crippen MR) is 38.3 cm³/mol. The highest BCUT2D eigenvalue weighted by Gasteiger charge is 2.13. The first-order valence-corrected chi connectivity index (χ1v) is 3.36. The van der Waals surface area contributed by atoms with E-state index in [9.17, 15) is 9.59 Å². The summed E-state index contributed by atoms with van der Waals surface area (Å²) in [6, 6.07) is 0. The zero-order valence-electron chi connectivity index (χ0n) is 6.39. The Kier molecular flexibility index (Phi) is 3.69. The van der Waals surface area contributed by atoms with Gasteiger partial charge in [-0.3, -0.25) is 9.59 Å². The van der Waals surface area contributed by atoms with Crippen molar-refractivity contribution in [2.24, 2.45) is 11.7 Å². The van der Waals surface area contributed by atoms with Crippen LogP contribution in [0.1, 0.15) is 26.7 Å². The number of carbonyl (C=O) groups excluding carboxylic acids is 2. The largest absolute Gasteiger partial charge is 0.370 e. The van der Waals surface area contributed by atoms with Crippen molar-refractivity contribution in [3.05, 3.63) is 0 Å². The third kappa shape index (κ3) is 3.22. The van der Waals surface area contributed by atoms with Crippen LogP contribution in [0.25, 0.3) is 0 Å². The molecule has 0 radical (unpaired) electrons. The molecule has 0 saturated carbocycles. The van der Waals surface area contributed by atoms with Gasteiger partial charge in [-0.25, -0.2) is 0 Å². The Morgan fingerprint density at radius 2 is 2.00 bits per heavy atom. The summed E-state index contributed by atoms with van der Waals surface area (Å²) in [5.74, 6) is -0.527. The van der Waals surface area contributed by atoms with Crippen molar-refractivity contribution < 1.29 is 9.59 Å². The van der Waals surface area contributed by atoms with E-state index in [1.54, 1.807) is 0 Å². The molecule has 0 aromatic heterocycles. The second kappa shape index (κ2) is 4.04. The van der Waals surface area contributed by atoms with E-state index < -0.39 is 5.91 Å². The van der Waals surface area contributed by atoms with Gasteiger partial charge in [0.25, 0.3) is 0 Å². The molecule has 0 rings (SSSR count). The van der Waals surface area contributed by atoms with Gasteiger partial charge >= 0.3 is 0 Å². The van der Waals surface area contributed by atoms with Crippen LogP contribution >= 0.6 is 0 Å². The summed E-state index contributed by atoms with van der Waals surface area (Å²) < 4.78 is 0. The molecular formula is C7H13NO2. The Balaban J connectivity index is 3.83. The first kappa shape index (κ1) is 9.14. The van der Waals surface area contributed by atoms with E-state index in [2.05, 4.69) is 0 Å². The first-order valence-electron chi connectivity index (χ1n) is 3.36. The van der Waals surface area contributed by atoms with E-state index in [1.807, 2.05) is 6.92 Å². The summed E-state index contributed by atoms with van der Waals surface area (Å²) >= 11 is 0. The highest BCUT2D eigenvalue weighted by molar-refractivity contribution is 5.84. The normalized spacial score (nSPS) is 12.6. The Hall–Kier alpha value is -0.860. The summed E-state index contributed by atoms with van der Waals surface area (Å²) in [6.07, 6.45) is 0.879. The van der Waals surface area contributed by atoms with Crippen LogP contribution in [0, 0.1) is 5.92 Å². The molecule has 0 bridgehead atoms. The highest BCUT2D eigenvalue weighted by Crippen LogP contribution is 2.07. The third-order valence-electron chi connectivity index (χ3n) is 1.52. The molecule has 0 aromatic rings. The third-order valence-corrected chi connectivity index (χ3v) is 1.52. The minimum absolute atomic E-state index is 0.0429. The minimum atomic E-state index is -0.401. The van der Waals surface area contributed by atoms with Crippen LogP contribution in [0.2, 0.25) is 0 Å². The Bertz CT molecular complexity index is 143. The second-order valence-corrected chi connectivity index (χ2v) is 2.39. The molecule has 3 nitrogen and oxygen atoms in total. The number of primary amides is 1. The van der Waals surface area contributed by atoms with Crippen molar-refractivity contribution in [1.29, 1.82) is 0 Å². The molecule has 2 N–H and O–H groups in total. The number of amides is 1. The van der Waals surface area contributed by atoms with Gasteiger partial charge in [-0.1, -0.05) is 6.92 Å². The Morgan fingerprint density at radius 1 is 1.50 bits per heavy atom. The van der Waals surface area contributed by atoms with Gasteiger partial charge < -0.3 is 5.73 Å². The van der Waals surface area contributed by atoms with E-state index >= 15 is 0 Å². The lowest BCUT2D eigenvalue weighted by molar-refractivity contribution is -0.126. The zero-order chi connectivity index (χ0) is 8.15. The molecule has 0 saturated heterocycles. The van der Waals surface area contributed by atoms with E-state index in [-0.39, 0.29) is 18.1 Å². The molecule has 10 heavy (non-hydrogen) atoms. The van der Waals surface area contributed by atoms with Gasteiger partial charge in [-0.2, -0.15) is 0 Å². The number of carbonyl (C=O) groups is 2. The van der Waals surface area contributed by atoms with E-state index in [0.29, 0.717) is 6.42 Å². The van der Waals surface area contributed by atoms with Crippen molar-refractivity contribution in [2.45, 2.75) is 26.7 Å². The zero-order valence-corrected chi connectivity index (χ0v) is 6.39. The Morgan fingerprint density at radius 3 is 2.10 bits per heavy atom. The standard InChI is InChI=1S/C7H13NO2/c1-3-6(5(2)9)4-7(8)10/h6H,3-4H2,1-2H3,(H2,8,10)/t6-/m1/s1. The fourth-order valence-corrected chi connectivity index (χ4v) is 0.818. The van der Waals surface area contributed by atoms with Crippen LogP contribution in [-0.4, -0.2) is 11.7 Å². The maximum Gasteiger partial charge on any atom is 0.218 e. The fraction of sp³-hybridized carbons (Fsp3) is 0.714. The maximum atomic E-state index is 10.7. The average molecular weight is 143 g/mol. The van der Waals surface area contributed by atoms with Gasteiger partial charge in [-0.05, 0) is 13.3 Å². The average Bonchev–Trinajstić information content (AvgIpc) is 1.81. The molecule has 0 aliphatic heterocycles. The molecule has 0 aliphatic rings. The number of rotatable bonds is 4. The Labute approximate surface area is 60.6 Å². The van der Waals surface area contributed by atoms with Crippen LogP contribution in [0.5, 0.6) is 0 Å². The molecule has 1 amide bonds. The molecule has 0 heterocycles. The molecule has 0 aromatic carbocycles. The van der Waals surface area contributed by atoms with Crippen molar-refractivity contribution in [2.75, 3.05) is 0 Å². The second-order valence-electron chi connectivity index (χ2n) is 2.39. The smallest absolute Gasteiger partial charge is 0.218 e. The summed E-state index contributed by atoms with van der Waals surface area (Å²) in [7, 11) is 0. The SMILES string of the molecule is CC[C@H](CC(N)=O)C(C)=O.